The second kappa shape index (κ2) is 6.16. The molecule has 0 bridgehead atoms. The number of likely N-dealkylation sites (tertiary alicyclic amines) is 2. The van der Waals surface area contributed by atoms with Gasteiger partial charge in [0.2, 0.25) is 11.8 Å². The number of aliphatic hydroxyl groups is 1. The molecule has 2 aliphatic heterocycles. The van der Waals surface area contributed by atoms with Crippen LogP contribution in [0.3, 0.4) is 0 Å². The summed E-state index contributed by atoms with van der Waals surface area (Å²) in [6.45, 7) is 5.14. The Bertz CT molecular complexity index is 444. The van der Waals surface area contributed by atoms with Crippen LogP contribution in [0.15, 0.2) is 0 Å². The van der Waals surface area contributed by atoms with E-state index in [0.29, 0.717) is 26.1 Å². The molecule has 2 saturated heterocycles. The van der Waals surface area contributed by atoms with Gasteiger partial charge in [-0.1, -0.05) is 0 Å². The zero-order valence-electron chi connectivity index (χ0n) is 13.4. The number of nitrogens with zero attached hydrogens (tertiary/aromatic N) is 2. The first-order valence-electron chi connectivity index (χ1n) is 8.46. The van der Waals surface area contributed by atoms with Crippen molar-refractivity contribution in [2.45, 2.75) is 50.7 Å². The summed E-state index contributed by atoms with van der Waals surface area (Å²) in [7, 11) is 0. The molecular formula is C16H27N3O3. The minimum atomic E-state index is -0.759. The van der Waals surface area contributed by atoms with Crippen LogP contribution in [-0.4, -0.2) is 71.1 Å². The molecule has 3 fully saturated rings. The van der Waals surface area contributed by atoms with Gasteiger partial charge in [-0.15, -0.1) is 0 Å². The summed E-state index contributed by atoms with van der Waals surface area (Å²) in [4.78, 5) is 27.3. The van der Waals surface area contributed by atoms with E-state index in [4.69, 9.17) is 0 Å². The molecule has 22 heavy (non-hydrogen) atoms. The monoisotopic (exact) mass is 309 g/mol. The fourth-order valence-corrected chi connectivity index (χ4v) is 3.70. The van der Waals surface area contributed by atoms with Gasteiger partial charge in [-0.25, -0.2) is 0 Å². The van der Waals surface area contributed by atoms with Gasteiger partial charge in [0.15, 0.2) is 0 Å². The molecular weight excluding hydrogens is 282 g/mol. The SMILES string of the molecule is CC(=O)NC1CCN(CC2(O)CCN(C(=O)C3CC3)C2)CC1. The summed E-state index contributed by atoms with van der Waals surface area (Å²) in [5.74, 6) is 0.498. The Morgan fingerprint density at radius 1 is 1.18 bits per heavy atom. The van der Waals surface area contributed by atoms with Crippen molar-refractivity contribution in [2.75, 3.05) is 32.7 Å². The van der Waals surface area contributed by atoms with Crippen LogP contribution in [-0.2, 0) is 9.59 Å². The minimum Gasteiger partial charge on any atom is -0.387 e. The van der Waals surface area contributed by atoms with Gasteiger partial charge in [-0.3, -0.25) is 9.59 Å². The summed E-state index contributed by atoms with van der Waals surface area (Å²) in [6.07, 6.45) is 4.58. The van der Waals surface area contributed by atoms with Crippen LogP contribution < -0.4 is 5.32 Å². The number of rotatable bonds is 4. The van der Waals surface area contributed by atoms with Crippen molar-refractivity contribution in [3.8, 4) is 0 Å². The lowest BCUT2D eigenvalue weighted by Crippen LogP contribution is -2.50. The normalized spacial score (nSPS) is 30.5. The number of amides is 2. The largest absolute Gasteiger partial charge is 0.387 e. The van der Waals surface area contributed by atoms with E-state index in [2.05, 4.69) is 10.2 Å². The lowest BCUT2D eigenvalue weighted by atomic mass is 9.99. The van der Waals surface area contributed by atoms with Crippen LogP contribution in [0.5, 0.6) is 0 Å². The molecule has 1 saturated carbocycles. The maximum Gasteiger partial charge on any atom is 0.225 e. The highest BCUT2D eigenvalue weighted by Crippen LogP contribution is 2.34. The van der Waals surface area contributed by atoms with Crippen LogP contribution >= 0.6 is 0 Å². The molecule has 3 aliphatic rings. The van der Waals surface area contributed by atoms with Gasteiger partial charge in [0, 0.05) is 45.1 Å². The highest BCUT2D eigenvalue weighted by atomic mass is 16.3. The van der Waals surface area contributed by atoms with Crippen LogP contribution in [0.1, 0.15) is 39.0 Å². The zero-order valence-corrected chi connectivity index (χ0v) is 13.4. The molecule has 2 heterocycles. The van der Waals surface area contributed by atoms with Crippen molar-refractivity contribution in [1.82, 2.24) is 15.1 Å². The first kappa shape index (κ1) is 15.7. The Morgan fingerprint density at radius 3 is 2.45 bits per heavy atom. The molecule has 1 unspecified atom stereocenters. The molecule has 0 aromatic rings. The molecule has 0 aromatic carbocycles. The van der Waals surface area contributed by atoms with E-state index in [9.17, 15) is 14.7 Å². The van der Waals surface area contributed by atoms with Crippen LogP contribution in [0, 0.1) is 5.92 Å². The van der Waals surface area contributed by atoms with Crippen molar-refractivity contribution in [3.63, 3.8) is 0 Å². The van der Waals surface area contributed by atoms with Crippen LogP contribution in [0.25, 0.3) is 0 Å². The second-order valence-corrected chi connectivity index (χ2v) is 7.26. The summed E-state index contributed by atoms with van der Waals surface area (Å²) >= 11 is 0. The third kappa shape index (κ3) is 3.79. The number of hydrogen-bond donors (Lipinski definition) is 2. The molecule has 1 atom stereocenters. The average molecular weight is 309 g/mol. The molecule has 124 valence electrons. The zero-order chi connectivity index (χ0) is 15.7. The van der Waals surface area contributed by atoms with Crippen molar-refractivity contribution >= 4 is 11.8 Å². The molecule has 6 nitrogen and oxygen atoms in total. The van der Waals surface area contributed by atoms with E-state index in [1.165, 1.54) is 0 Å². The molecule has 0 radical (unpaired) electrons. The van der Waals surface area contributed by atoms with Gasteiger partial charge in [0.05, 0.1) is 12.1 Å². The standard InChI is InChI=1S/C16H27N3O3/c1-12(20)17-14-4-7-18(8-5-14)10-16(22)6-9-19(11-16)15(21)13-2-3-13/h13-14,22H,2-11H2,1H3,(H,17,20). The van der Waals surface area contributed by atoms with E-state index in [1.807, 2.05) is 4.90 Å². The Labute approximate surface area is 131 Å². The van der Waals surface area contributed by atoms with E-state index in [1.54, 1.807) is 6.92 Å². The van der Waals surface area contributed by atoms with Crippen LogP contribution in [0.2, 0.25) is 0 Å². The maximum absolute atomic E-state index is 12.1. The van der Waals surface area contributed by atoms with Gasteiger partial charge >= 0.3 is 0 Å². The van der Waals surface area contributed by atoms with Crippen molar-refractivity contribution in [3.05, 3.63) is 0 Å². The predicted octanol–water partition coefficient (Wildman–Crippen LogP) is -0.0397. The van der Waals surface area contributed by atoms with E-state index in [0.717, 1.165) is 38.8 Å². The number of carbonyl (C=O) groups excluding carboxylic acids is 2. The van der Waals surface area contributed by atoms with Gasteiger partial charge in [0.1, 0.15) is 0 Å². The molecule has 6 heteroatoms. The summed E-state index contributed by atoms with van der Waals surface area (Å²) in [6, 6.07) is 0.264. The number of hydrogen-bond acceptors (Lipinski definition) is 4. The van der Waals surface area contributed by atoms with Gasteiger partial charge in [-0.2, -0.15) is 0 Å². The maximum atomic E-state index is 12.1. The fraction of sp³-hybridized carbons (Fsp3) is 0.875. The smallest absolute Gasteiger partial charge is 0.225 e. The molecule has 2 amide bonds. The molecule has 1 aliphatic carbocycles. The van der Waals surface area contributed by atoms with Gasteiger partial charge in [-0.05, 0) is 32.1 Å². The lowest BCUT2D eigenvalue weighted by molar-refractivity contribution is -0.132. The van der Waals surface area contributed by atoms with Gasteiger partial charge < -0.3 is 20.2 Å². The Kier molecular flexibility index (Phi) is 4.41. The summed E-state index contributed by atoms with van der Waals surface area (Å²) in [5, 5.41) is 13.7. The number of nitrogens with one attached hydrogen (secondary N) is 1. The first-order valence-corrected chi connectivity index (χ1v) is 8.46. The number of piperidine rings is 1. The van der Waals surface area contributed by atoms with Crippen molar-refractivity contribution in [2.24, 2.45) is 5.92 Å². The van der Waals surface area contributed by atoms with Crippen LogP contribution in [0.4, 0.5) is 0 Å². The summed E-state index contributed by atoms with van der Waals surface area (Å²) < 4.78 is 0. The molecule has 3 rings (SSSR count). The predicted molar refractivity (Wildman–Crippen MR) is 82.1 cm³/mol. The molecule has 0 aromatic heterocycles. The Morgan fingerprint density at radius 2 is 1.86 bits per heavy atom. The molecule has 0 spiro atoms. The van der Waals surface area contributed by atoms with E-state index in [-0.39, 0.29) is 23.8 Å². The summed E-state index contributed by atoms with van der Waals surface area (Å²) in [5.41, 5.74) is -0.759. The molecule has 2 N–H and O–H groups in total. The number of β-amino-alcohol motifs (C(OH)–C–C–N with tert-alkyl or cyclic N) is 1. The topological polar surface area (TPSA) is 72.9 Å². The first-order chi connectivity index (χ1) is 10.5. The van der Waals surface area contributed by atoms with Crippen molar-refractivity contribution in [1.29, 1.82) is 0 Å². The minimum absolute atomic E-state index is 0.0297. The lowest BCUT2D eigenvalue weighted by Gasteiger charge is -2.36. The fourth-order valence-electron chi connectivity index (χ4n) is 3.70. The Balaban J connectivity index is 1.45. The van der Waals surface area contributed by atoms with E-state index < -0.39 is 5.60 Å². The average Bonchev–Trinajstić information content (AvgIpc) is 3.23. The number of carbonyl (C=O) groups is 2. The third-order valence-corrected chi connectivity index (χ3v) is 5.08. The van der Waals surface area contributed by atoms with Crippen molar-refractivity contribution < 1.29 is 14.7 Å². The highest BCUT2D eigenvalue weighted by molar-refractivity contribution is 5.81. The second-order valence-electron chi connectivity index (χ2n) is 7.26. The van der Waals surface area contributed by atoms with E-state index >= 15 is 0 Å². The quantitative estimate of drug-likeness (QED) is 0.764. The Hall–Kier alpha value is -1.14. The third-order valence-electron chi connectivity index (χ3n) is 5.08. The van der Waals surface area contributed by atoms with Gasteiger partial charge in [0.25, 0.3) is 0 Å². The highest BCUT2D eigenvalue weighted by Gasteiger charge is 2.43.